The molecular weight excluding hydrogens is 446 g/mol. The fourth-order valence-corrected chi connectivity index (χ4v) is 4.21. The summed E-state index contributed by atoms with van der Waals surface area (Å²) in [6.07, 6.45) is 1.17. The molecule has 0 saturated heterocycles. The van der Waals surface area contributed by atoms with Crippen molar-refractivity contribution in [2.75, 3.05) is 5.32 Å². The molecular formula is C28H28ClN3O2. The van der Waals surface area contributed by atoms with E-state index in [9.17, 15) is 4.79 Å². The molecule has 1 heterocycles. The van der Waals surface area contributed by atoms with E-state index < -0.39 is 12.2 Å². The number of halogens is 1. The highest BCUT2D eigenvalue weighted by atomic mass is 35.5. The van der Waals surface area contributed by atoms with Crippen molar-refractivity contribution in [3.63, 3.8) is 0 Å². The molecule has 0 saturated carbocycles. The average Bonchev–Trinajstić information content (AvgIpc) is 3.20. The standard InChI is InChI=1S/C28H28ClN3O2/c1-4-7-20-10-12-21(13-11-20)22-14-16-23(17-15-22)27-26(18(2)31-32-27)30-28(33)34-19(3)24-8-5-6-9-25(24)29/h5-6,8-17,19H,4,7H2,1-3H3,(H,30,33)(H,31,32)/t19-/m1/s1. The molecule has 0 radical (unpaired) electrons. The number of rotatable bonds is 7. The van der Waals surface area contributed by atoms with E-state index in [2.05, 4.69) is 58.8 Å². The number of carbonyl (C=O) groups excluding carboxylic acids is 1. The van der Waals surface area contributed by atoms with Crippen LogP contribution in [0.3, 0.4) is 0 Å². The number of nitrogens with zero attached hydrogens (tertiary/aromatic N) is 1. The maximum atomic E-state index is 12.6. The number of carbonyl (C=O) groups is 1. The second-order valence-electron chi connectivity index (χ2n) is 8.29. The monoisotopic (exact) mass is 473 g/mol. The van der Waals surface area contributed by atoms with Gasteiger partial charge in [0, 0.05) is 16.1 Å². The molecule has 6 heteroatoms. The van der Waals surface area contributed by atoms with Crippen LogP contribution < -0.4 is 5.32 Å². The van der Waals surface area contributed by atoms with Crippen molar-refractivity contribution in [3.05, 3.63) is 94.6 Å². The molecule has 1 atom stereocenters. The number of aromatic amines is 1. The summed E-state index contributed by atoms with van der Waals surface area (Å²) in [5, 5.41) is 10.8. The van der Waals surface area contributed by atoms with Gasteiger partial charge in [0.15, 0.2) is 0 Å². The van der Waals surface area contributed by atoms with Crippen LogP contribution in [0.2, 0.25) is 5.02 Å². The number of hydrogen-bond acceptors (Lipinski definition) is 3. The van der Waals surface area contributed by atoms with Crippen molar-refractivity contribution in [3.8, 4) is 22.4 Å². The topological polar surface area (TPSA) is 67.0 Å². The Bertz CT molecular complexity index is 1260. The number of anilines is 1. The molecule has 1 amide bonds. The first-order valence-corrected chi connectivity index (χ1v) is 11.8. The fourth-order valence-electron chi connectivity index (χ4n) is 3.92. The van der Waals surface area contributed by atoms with Gasteiger partial charge in [0.25, 0.3) is 0 Å². The molecule has 0 aliphatic heterocycles. The minimum Gasteiger partial charge on any atom is -0.441 e. The lowest BCUT2D eigenvalue weighted by atomic mass is 10.00. The highest BCUT2D eigenvalue weighted by Gasteiger charge is 2.19. The van der Waals surface area contributed by atoms with E-state index in [4.69, 9.17) is 16.3 Å². The molecule has 3 aromatic carbocycles. The van der Waals surface area contributed by atoms with E-state index in [0.717, 1.165) is 35.2 Å². The second-order valence-corrected chi connectivity index (χ2v) is 8.70. The third kappa shape index (κ3) is 5.32. The van der Waals surface area contributed by atoms with Crippen LogP contribution in [0.25, 0.3) is 22.4 Å². The maximum absolute atomic E-state index is 12.6. The molecule has 174 valence electrons. The molecule has 4 rings (SSSR count). The Balaban J connectivity index is 1.49. The number of nitrogens with one attached hydrogen (secondary N) is 2. The van der Waals surface area contributed by atoms with Gasteiger partial charge in [0.05, 0.1) is 11.4 Å². The van der Waals surface area contributed by atoms with Crippen LogP contribution in [0, 0.1) is 6.92 Å². The highest BCUT2D eigenvalue weighted by molar-refractivity contribution is 6.31. The molecule has 0 fully saturated rings. The van der Waals surface area contributed by atoms with Crippen LogP contribution in [0.1, 0.15) is 43.2 Å². The van der Waals surface area contributed by atoms with Gasteiger partial charge in [-0.1, -0.05) is 91.7 Å². The lowest BCUT2D eigenvalue weighted by Crippen LogP contribution is -2.17. The van der Waals surface area contributed by atoms with Gasteiger partial charge in [-0.2, -0.15) is 5.10 Å². The quantitative estimate of drug-likeness (QED) is 0.286. The van der Waals surface area contributed by atoms with Crippen LogP contribution >= 0.6 is 11.6 Å². The predicted molar refractivity (Wildman–Crippen MR) is 138 cm³/mol. The molecule has 0 unspecified atom stereocenters. The van der Waals surface area contributed by atoms with Gasteiger partial charge in [-0.25, -0.2) is 4.79 Å². The van der Waals surface area contributed by atoms with Crippen LogP contribution in [0.4, 0.5) is 10.5 Å². The Morgan fingerprint density at radius 3 is 2.26 bits per heavy atom. The molecule has 2 N–H and O–H groups in total. The number of ether oxygens (including phenoxy) is 1. The van der Waals surface area contributed by atoms with Crippen molar-refractivity contribution in [2.45, 2.75) is 39.7 Å². The van der Waals surface area contributed by atoms with E-state index in [1.54, 1.807) is 13.0 Å². The summed E-state index contributed by atoms with van der Waals surface area (Å²) >= 11 is 6.23. The van der Waals surface area contributed by atoms with Crippen molar-refractivity contribution in [2.24, 2.45) is 0 Å². The van der Waals surface area contributed by atoms with Gasteiger partial charge in [-0.15, -0.1) is 0 Å². The zero-order chi connectivity index (χ0) is 24.1. The molecule has 4 aromatic rings. The summed E-state index contributed by atoms with van der Waals surface area (Å²) in [6.45, 7) is 5.83. The number of H-pyrrole nitrogens is 1. The molecule has 5 nitrogen and oxygen atoms in total. The summed E-state index contributed by atoms with van der Waals surface area (Å²) < 4.78 is 5.56. The van der Waals surface area contributed by atoms with Crippen molar-refractivity contribution in [1.82, 2.24) is 10.2 Å². The number of aryl methyl sites for hydroxylation is 2. The number of benzene rings is 3. The predicted octanol–water partition coefficient (Wildman–Crippen LogP) is 7.97. The normalized spacial score (nSPS) is 11.8. The summed E-state index contributed by atoms with van der Waals surface area (Å²) in [6, 6.07) is 24.1. The first-order valence-electron chi connectivity index (χ1n) is 11.4. The lowest BCUT2D eigenvalue weighted by molar-refractivity contribution is 0.121. The van der Waals surface area contributed by atoms with Crippen molar-refractivity contribution in [1.29, 1.82) is 0 Å². The zero-order valence-electron chi connectivity index (χ0n) is 19.6. The fraction of sp³-hybridized carbons (Fsp3) is 0.214. The molecule has 0 spiro atoms. The molecule has 1 aromatic heterocycles. The largest absolute Gasteiger partial charge is 0.441 e. The third-order valence-electron chi connectivity index (χ3n) is 5.79. The lowest BCUT2D eigenvalue weighted by Gasteiger charge is -2.15. The van der Waals surface area contributed by atoms with Gasteiger partial charge in [-0.3, -0.25) is 10.4 Å². The Morgan fingerprint density at radius 2 is 1.62 bits per heavy atom. The summed E-state index contributed by atoms with van der Waals surface area (Å²) in [4.78, 5) is 12.6. The minimum atomic E-state index is -0.568. The summed E-state index contributed by atoms with van der Waals surface area (Å²) in [5.74, 6) is 0. The Morgan fingerprint density at radius 1 is 1.00 bits per heavy atom. The van der Waals surface area contributed by atoms with Gasteiger partial charge in [0.2, 0.25) is 0 Å². The van der Waals surface area contributed by atoms with Crippen molar-refractivity contribution < 1.29 is 9.53 Å². The van der Waals surface area contributed by atoms with Crippen LogP contribution in [0.15, 0.2) is 72.8 Å². The molecule has 34 heavy (non-hydrogen) atoms. The van der Waals surface area contributed by atoms with E-state index >= 15 is 0 Å². The van der Waals surface area contributed by atoms with Crippen LogP contribution in [0.5, 0.6) is 0 Å². The summed E-state index contributed by atoms with van der Waals surface area (Å²) in [5.41, 5.74) is 7.28. The van der Waals surface area contributed by atoms with Gasteiger partial charge in [-0.05, 0) is 43.0 Å². The van der Waals surface area contributed by atoms with Gasteiger partial charge < -0.3 is 4.74 Å². The minimum absolute atomic E-state index is 0.493. The smallest absolute Gasteiger partial charge is 0.412 e. The molecule has 0 aliphatic carbocycles. The van der Waals surface area contributed by atoms with E-state index in [-0.39, 0.29) is 0 Å². The Labute approximate surface area is 205 Å². The SMILES string of the molecule is CCCc1ccc(-c2ccc(-c3n[nH]c(C)c3NC(=O)O[C@H](C)c3ccccc3Cl)cc2)cc1. The highest BCUT2D eigenvalue weighted by Crippen LogP contribution is 2.31. The Kier molecular flexibility index (Phi) is 7.33. The van der Waals surface area contributed by atoms with Gasteiger partial charge >= 0.3 is 6.09 Å². The number of hydrogen-bond donors (Lipinski definition) is 2. The van der Waals surface area contributed by atoms with E-state index in [0.29, 0.717) is 16.4 Å². The zero-order valence-corrected chi connectivity index (χ0v) is 20.3. The average molecular weight is 474 g/mol. The third-order valence-corrected chi connectivity index (χ3v) is 6.13. The van der Waals surface area contributed by atoms with Crippen LogP contribution in [-0.4, -0.2) is 16.3 Å². The maximum Gasteiger partial charge on any atom is 0.412 e. The van der Waals surface area contributed by atoms with Gasteiger partial charge in [0.1, 0.15) is 11.8 Å². The van der Waals surface area contributed by atoms with E-state index in [1.165, 1.54) is 11.1 Å². The Hall–Kier alpha value is -3.57. The first kappa shape index (κ1) is 23.6. The molecule has 0 bridgehead atoms. The van der Waals surface area contributed by atoms with E-state index in [1.807, 2.05) is 37.3 Å². The first-order chi connectivity index (χ1) is 16.5. The number of amides is 1. The second kappa shape index (κ2) is 10.6. The van der Waals surface area contributed by atoms with Crippen molar-refractivity contribution >= 4 is 23.4 Å². The molecule has 0 aliphatic rings. The summed E-state index contributed by atoms with van der Waals surface area (Å²) in [7, 11) is 0. The number of aromatic nitrogens is 2. The van der Waals surface area contributed by atoms with Crippen LogP contribution in [-0.2, 0) is 11.2 Å².